The largest absolute Gasteiger partial charge is 0.0643 e. The molecule has 0 heterocycles. The first-order valence-corrected chi connectivity index (χ1v) is 9.03. The zero-order valence-electron chi connectivity index (χ0n) is 13.9. The fraction of sp³-hybridized carbons (Fsp3) is 0.273. The van der Waals surface area contributed by atoms with Gasteiger partial charge in [-0.2, -0.15) is 0 Å². The maximum absolute atomic E-state index is 3.72. The van der Waals surface area contributed by atoms with Crippen molar-refractivity contribution in [3.63, 3.8) is 0 Å². The highest BCUT2D eigenvalue weighted by Gasteiger charge is 2.40. The highest BCUT2D eigenvalue weighted by atomic mass is 79.9. The summed E-state index contributed by atoms with van der Waals surface area (Å²) in [6.45, 7) is 7.09. The van der Waals surface area contributed by atoms with Crippen molar-refractivity contribution < 1.29 is 0 Å². The third-order valence-corrected chi connectivity index (χ3v) is 6.23. The molecule has 2 aromatic carbocycles. The van der Waals surface area contributed by atoms with E-state index in [1.807, 2.05) is 0 Å². The Labute approximate surface area is 147 Å². The Kier molecular flexibility index (Phi) is 3.39. The van der Waals surface area contributed by atoms with E-state index < -0.39 is 0 Å². The molecule has 0 saturated carbocycles. The molecular formula is C22H21Br. The monoisotopic (exact) mass is 364 g/mol. The molecule has 1 atom stereocenters. The van der Waals surface area contributed by atoms with Crippen molar-refractivity contribution in [3.8, 4) is 0 Å². The molecular weight excluding hydrogens is 344 g/mol. The smallest absolute Gasteiger partial charge is 0.0250 e. The van der Waals surface area contributed by atoms with E-state index in [9.17, 15) is 0 Å². The molecule has 0 N–H and O–H groups in total. The predicted molar refractivity (Wildman–Crippen MR) is 102 cm³/mol. The summed E-state index contributed by atoms with van der Waals surface area (Å²) in [5.41, 5.74) is 8.80. The summed E-state index contributed by atoms with van der Waals surface area (Å²) >= 11 is 3.72. The number of fused-ring (bicyclic) bond motifs is 2. The van der Waals surface area contributed by atoms with Gasteiger partial charge in [-0.3, -0.25) is 0 Å². The normalized spacial score (nSPS) is 19.2. The molecule has 0 aromatic heterocycles. The van der Waals surface area contributed by atoms with E-state index in [2.05, 4.69) is 91.3 Å². The second-order valence-electron chi connectivity index (χ2n) is 7.33. The second-order valence-corrected chi connectivity index (χ2v) is 8.19. The van der Waals surface area contributed by atoms with E-state index in [1.165, 1.54) is 32.3 Å². The Bertz CT molecular complexity index is 852. The summed E-state index contributed by atoms with van der Waals surface area (Å²) in [4.78, 5) is 0. The van der Waals surface area contributed by atoms with E-state index in [4.69, 9.17) is 0 Å². The Morgan fingerprint density at radius 3 is 2.57 bits per heavy atom. The quantitative estimate of drug-likeness (QED) is 0.561. The zero-order valence-corrected chi connectivity index (χ0v) is 15.4. The van der Waals surface area contributed by atoms with Crippen LogP contribution in [0, 0.1) is 5.41 Å². The van der Waals surface area contributed by atoms with Crippen molar-refractivity contribution >= 4 is 28.1 Å². The molecule has 0 bridgehead atoms. The first-order chi connectivity index (χ1) is 11.0. The van der Waals surface area contributed by atoms with Crippen LogP contribution < -0.4 is 0 Å². The van der Waals surface area contributed by atoms with Gasteiger partial charge in [0.25, 0.3) is 0 Å². The van der Waals surface area contributed by atoms with Gasteiger partial charge in [-0.05, 0) is 47.1 Å². The van der Waals surface area contributed by atoms with Crippen LogP contribution in [0.2, 0.25) is 0 Å². The fourth-order valence-electron chi connectivity index (χ4n) is 4.35. The molecule has 0 amide bonds. The molecule has 4 rings (SSSR count). The fourth-order valence-corrected chi connectivity index (χ4v) is 4.85. The van der Waals surface area contributed by atoms with Crippen LogP contribution in [-0.4, -0.2) is 0 Å². The molecule has 2 aliphatic carbocycles. The lowest BCUT2D eigenvalue weighted by Crippen LogP contribution is -2.24. The highest BCUT2D eigenvalue weighted by molar-refractivity contribution is 9.10. The van der Waals surface area contributed by atoms with Gasteiger partial charge in [0.2, 0.25) is 0 Å². The van der Waals surface area contributed by atoms with E-state index in [0.717, 1.165) is 6.42 Å². The van der Waals surface area contributed by atoms with Gasteiger partial charge in [-0.1, -0.05) is 89.5 Å². The molecule has 2 aliphatic rings. The number of hydrogen-bond acceptors (Lipinski definition) is 0. The van der Waals surface area contributed by atoms with Crippen LogP contribution in [-0.2, 0) is 6.42 Å². The molecule has 0 spiro atoms. The van der Waals surface area contributed by atoms with Crippen LogP contribution in [0.15, 0.2) is 58.1 Å². The van der Waals surface area contributed by atoms with Crippen LogP contribution in [0.3, 0.4) is 0 Å². The van der Waals surface area contributed by atoms with Gasteiger partial charge in [-0.25, -0.2) is 0 Å². The molecule has 23 heavy (non-hydrogen) atoms. The Morgan fingerprint density at radius 2 is 1.78 bits per heavy atom. The summed E-state index contributed by atoms with van der Waals surface area (Å²) in [7, 11) is 0. The summed E-state index contributed by atoms with van der Waals surface area (Å²) < 4.78 is 1.20. The minimum atomic E-state index is 0.117. The predicted octanol–water partition coefficient (Wildman–Crippen LogP) is 6.62. The third kappa shape index (κ3) is 2.25. The van der Waals surface area contributed by atoms with E-state index in [0.29, 0.717) is 5.92 Å². The first kappa shape index (κ1) is 15.0. The summed E-state index contributed by atoms with van der Waals surface area (Å²) in [6, 6.07) is 15.4. The molecule has 1 heteroatoms. The molecule has 116 valence electrons. The van der Waals surface area contributed by atoms with Crippen LogP contribution in [0.5, 0.6) is 0 Å². The van der Waals surface area contributed by atoms with Crippen molar-refractivity contribution in [3.05, 3.63) is 80.3 Å². The highest BCUT2D eigenvalue weighted by Crippen LogP contribution is 2.53. The van der Waals surface area contributed by atoms with Crippen LogP contribution in [0.25, 0.3) is 12.2 Å². The number of hydrogen-bond donors (Lipinski definition) is 0. The molecule has 2 aromatic rings. The van der Waals surface area contributed by atoms with Crippen LogP contribution >= 0.6 is 15.9 Å². The van der Waals surface area contributed by atoms with Gasteiger partial charge in [0.05, 0.1) is 0 Å². The van der Waals surface area contributed by atoms with Gasteiger partial charge >= 0.3 is 0 Å². The lowest BCUT2D eigenvalue weighted by Gasteiger charge is -2.35. The van der Waals surface area contributed by atoms with E-state index in [-0.39, 0.29) is 5.41 Å². The van der Waals surface area contributed by atoms with Gasteiger partial charge in [-0.15, -0.1) is 0 Å². The Hall–Kier alpha value is -1.60. The first-order valence-electron chi connectivity index (χ1n) is 8.24. The number of halogens is 1. The minimum absolute atomic E-state index is 0.117. The molecule has 0 aliphatic heterocycles. The average molecular weight is 365 g/mol. The van der Waals surface area contributed by atoms with Crippen molar-refractivity contribution in [1.82, 2.24) is 0 Å². The van der Waals surface area contributed by atoms with Crippen molar-refractivity contribution in [1.29, 1.82) is 0 Å². The minimum Gasteiger partial charge on any atom is -0.0643 e. The standard InChI is InChI=1S/C22H21Br/c1-14-11-19-18(9-6-10-20(19)23)21(14)22(2,3)17-12-15-7-4-5-8-16(15)13-17/h4-12,21H,13H2,1-3H3. The van der Waals surface area contributed by atoms with Crippen LogP contribution in [0.4, 0.5) is 0 Å². The number of rotatable bonds is 2. The van der Waals surface area contributed by atoms with E-state index in [1.54, 1.807) is 5.57 Å². The molecule has 0 fully saturated rings. The summed E-state index contributed by atoms with van der Waals surface area (Å²) in [6.07, 6.45) is 5.85. The van der Waals surface area contributed by atoms with Crippen LogP contribution in [0.1, 0.15) is 48.9 Å². The van der Waals surface area contributed by atoms with Crippen molar-refractivity contribution in [2.45, 2.75) is 33.1 Å². The number of allylic oxidation sites excluding steroid dienone is 2. The van der Waals surface area contributed by atoms with Gasteiger partial charge < -0.3 is 0 Å². The molecule has 0 nitrogen and oxygen atoms in total. The third-order valence-electron chi connectivity index (χ3n) is 5.54. The lowest BCUT2D eigenvalue weighted by atomic mass is 9.68. The van der Waals surface area contributed by atoms with Gasteiger partial charge in [0.1, 0.15) is 0 Å². The topological polar surface area (TPSA) is 0 Å². The maximum atomic E-state index is 3.72. The number of benzene rings is 2. The van der Waals surface area contributed by atoms with Gasteiger partial charge in [0.15, 0.2) is 0 Å². The van der Waals surface area contributed by atoms with Gasteiger partial charge in [0, 0.05) is 10.4 Å². The molecule has 1 unspecified atom stereocenters. The Balaban J connectivity index is 1.77. The molecule has 0 radical (unpaired) electrons. The molecule has 0 saturated heterocycles. The summed E-state index contributed by atoms with van der Waals surface area (Å²) in [5, 5.41) is 0. The zero-order chi connectivity index (χ0) is 16.2. The van der Waals surface area contributed by atoms with Crippen molar-refractivity contribution in [2.24, 2.45) is 5.41 Å². The van der Waals surface area contributed by atoms with Crippen molar-refractivity contribution in [2.75, 3.05) is 0 Å². The lowest BCUT2D eigenvalue weighted by molar-refractivity contribution is 0.384. The average Bonchev–Trinajstić information content (AvgIpc) is 3.09. The maximum Gasteiger partial charge on any atom is 0.0250 e. The SMILES string of the molecule is CC1=Cc2c(Br)cccc2C1C(C)(C)C1=Cc2ccccc2C1. The second kappa shape index (κ2) is 5.21. The van der Waals surface area contributed by atoms with E-state index >= 15 is 0 Å². The summed E-state index contributed by atoms with van der Waals surface area (Å²) in [5.74, 6) is 0.454. The Morgan fingerprint density at radius 1 is 1.00 bits per heavy atom.